The largest absolute Gasteiger partial charge is 0.335 e. The maximum absolute atomic E-state index is 13.3. The number of imidazole rings is 1. The van der Waals surface area contributed by atoms with Gasteiger partial charge in [0.2, 0.25) is 11.8 Å². The molecule has 22 heavy (non-hydrogen) atoms. The predicted octanol–water partition coefficient (Wildman–Crippen LogP) is 3.53. The molecule has 1 aromatic heterocycles. The molecule has 0 radical (unpaired) electrons. The van der Waals surface area contributed by atoms with Crippen LogP contribution in [0.3, 0.4) is 0 Å². The normalized spacial score (nSPS) is 21.7. The summed E-state index contributed by atoms with van der Waals surface area (Å²) in [5, 5.41) is 0. The molecule has 0 aromatic carbocycles. The molecule has 0 atom stereocenters. The second-order valence-electron chi connectivity index (χ2n) is 6.16. The summed E-state index contributed by atoms with van der Waals surface area (Å²) in [4.78, 5) is 18.4. The van der Waals surface area contributed by atoms with Crippen LogP contribution in [0.25, 0.3) is 0 Å². The van der Waals surface area contributed by atoms with E-state index in [0.29, 0.717) is 32.4 Å². The summed E-state index contributed by atoms with van der Waals surface area (Å²) in [6, 6.07) is 0. The highest BCUT2D eigenvalue weighted by atomic mass is 127. The first-order chi connectivity index (χ1) is 10.4. The van der Waals surface area contributed by atoms with Gasteiger partial charge < -0.3 is 9.47 Å². The molecule has 1 aromatic rings. The Labute approximate surface area is 142 Å². The third-order valence-corrected chi connectivity index (χ3v) is 5.59. The Morgan fingerprint density at radius 3 is 2.68 bits per heavy atom. The fourth-order valence-corrected chi connectivity index (χ4v) is 4.11. The van der Waals surface area contributed by atoms with Gasteiger partial charge in [0, 0.05) is 38.3 Å². The van der Waals surface area contributed by atoms with Crippen LogP contribution in [0.1, 0.15) is 56.5 Å². The smallest absolute Gasteiger partial charge is 0.248 e. The van der Waals surface area contributed by atoms with Gasteiger partial charge >= 0.3 is 0 Å². The number of halogens is 3. The Bertz CT molecular complexity index is 578. The molecule has 0 N–H and O–H groups in total. The number of fused-ring (bicyclic) bond motifs is 1. The molecule has 122 valence electrons. The zero-order valence-electron chi connectivity index (χ0n) is 12.6. The number of carbonyl (C=O) groups is 1. The molecule has 0 unspecified atom stereocenters. The molecular weight excluding hydrogens is 403 g/mol. The monoisotopic (exact) mass is 423 g/mol. The van der Waals surface area contributed by atoms with Crippen molar-refractivity contribution in [3.8, 4) is 0 Å². The summed E-state index contributed by atoms with van der Waals surface area (Å²) in [6.45, 7) is 3.86. The van der Waals surface area contributed by atoms with Gasteiger partial charge in [0.05, 0.1) is 12.2 Å². The van der Waals surface area contributed by atoms with E-state index in [1.165, 1.54) is 0 Å². The van der Waals surface area contributed by atoms with Crippen molar-refractivity contribution in [2.75, 3.05) is 6.54 Å². The summed E-state index contributed by atoms with van der Waals surface area (Å²) in [6.07, 6.45) is 1.41. The summed E-state index contributed by atoms with van der Waals surface area (Å²) >= 11 is 2.19. The molecule has 1 amide bonds. The van der Waals surface area contributed by atoms with Gasteiger partial charge in [-0.1, -0.05) is 6.92 Å². The van der Waals surface area contributed by atoms with Gasteiger partial charge in [-0.2, -0.15) is 0 Å². The average Bonchev–Trinajstić information content (AvgIpc) is 2.83. The van der Waals surface area contributed by atoms with E-state index in [4.69, 9.17) is 0 Å². The topological polar surface area (TPSA) is 38.1 Å². The molecule has 4 nitrogen and oxygen atoms in total. The Hall–Kier alpha value is -0.730. The first-order valence-corrected chi connectivity index (χ1v) is 8.89. The number of hydrogen-bond donors (Lipinski definition) is 0. The van der Waals surface area contributed by atoms with Crippen molar-refractivity contribution >= 4 is 28.5 Å². The summed E-state index contributed by atoms with van der Waals surface area (Å²) in [5.41, 5.74) is 1.06. The van der Waals surface area contributed by atoms with E-state index >= 15 is 0 Å². The second kappa shape index (κ2) is 6.05. The lowest BCUT2D eigenvalue weighted by atomic mass is 9.86. The van der Waals surface area contributed by atoms with Crippen molar-refractivity contribution in [3.05, 3.63) is 15.2 Å². The highest BCUT2D eigenvalue weighted by molar-refractivity contribution is 14.1. The third-order valence-electron chi connectivity index (χ3n) is 4.72. The lowest BCUT2D eigenvalue weighted by Crippen LogP contribution is -2.38. The van der Waals surface area contributed by atoms with E-state index in [0.717, 1.165) is 21.8 Å². The van der Waals surface area contributed by atoms with Gasteiger partial charge in [0.25, 0.3) is 0 Å². The lowest BCUT2D eigenvalue weighted by Gasteiger charge is -2.32. The summed E-state index contributed by atoms with van der Waals surface area (Å²) < 4.78 is 29.8. The maximum Gasteiger partial charge on any atom is 0.248 e. The molecule has 2 aliphatic rings. The molecule has 0 spiro atoms. The Morgan fingerprint density at radius 1 is 1.36 bits per heavy atom. The fourth-order valence-electron chi connectivity index (χ4n) is 3.40. The molecular formula is C15H20F2IN3O. The number of carbonyl (C=O) groups excluding carboxylic acids is 1. The molecule has 2 heterocycles. The van der Waals surface area contributed by atoms with E-state index in [1.807, 2.05) is 11.8 Å². The van der Waals surface area contributed by atoms with Crippen molar-refractivity contribution in [2.45, 2.75) is 64.0 Å². The van der Waals surface area contributed by atoms with Gasteiger partial charge in [-0.05, 0) is 35.4 Å². The van der Waals surface area contributed by atoms with Crippen molar-refractivity contribution in [2.24, 2.45) is 0 Å². The number of amides is 1. The SMILES string of the molecule is CCC(=O)N1CCn2c(C3CCC(F)(F)CC3)nc(I)c2C1. The third kappa shape index (κ3) is 3.00. The number of nitrogens with zero attached hydrogens (tertiary/aromatic N) is 3. The van der Waals surface area contributed by atoms with E-state index < -0.39 is 5.92 Å². The molecule has 1 aliphatic carbocycles. The average molecular weight is 423 g/mol. The van der Waals surface area contributed by atoms with E-state index in [-0.39, 0.29) is 24.7 Å². The van der Waals surface area contributed by atoms with Gasteiger partial charge in [0.15, 0.2) is 0 Å². The highest BCUT2D eigenvalue weighted by Gasteiger charge is 2.38. The minimum Gasteiger partial charge on any atom is -0.335 e. The quantitative estimate of drug-likeness (QED) is 0.683. The Morgan fingerprint density at radius 2 is 2.05 bits per heavy atom. The van der Waals surface area contributed by atoms with Crippen LogP contribution in [-0.2, 0) is 17.9 Å². The van der Waals surface area contributed by atoms with Crippen LogP contribution >= 0.6 is 22.6 Å². The maximum atomic E-state index is 13.3. The van der Waals surface area contributed by atoms with Crippen molar-refractivity contribution in [1.29, 1.82) is 0 Å². The van der Waals surface area contributed by atoms with E-state index in [9.17, 15) is 13.6 Å². The molecule has 1 fully saturated rings. The van der Waals surface area contributed by atoms with Crippen molar-refractivity contribution < 1.29 is 13.6 Å². The number of aromatic nitrogens is 2. The molecule has 0 saturated heterocycles. The van der Waals surface area contributed by atoms with Gasteiger partial charge in [0.1, 0.15) is 9.53 Å². The molecule has 1 saturated carbocycles. The number of alkyl halides is 2. The summed E-state index contributed by atoms with van der Waals surface area (Å²) in [5.74, 6) is -1.29. The highest BCUT2D eigenvalue weighted by Crippen LogP contribution is 2.41. The van der Waals surface area contributed by atoms with Crippen molar-refractivity contribution in [1.82, 2.24) is 14.5 Å². The Kier molecular flexibility index (Phi) is 4.44. The standard InChI is InChI=1S/C15H20F2IN3O/c1-2-12(22)20-7-8-21-11(9-20)13(18)19-14(21)10-3-5-15(16,17)6-4-10/h10H,2-9H2,1H3. The number of rotatable bonds is 2. The van der Waals surface area contributed by atoms with Crippen molar-refractivity contribution in [3.63, 3.8) is 0 Å². The van der Waals surface area contributed by atoms with E-state index in [2.05, 4.69) is 32.1 Å². The number of hydrogen-bond acceptors (Lipinski definition) is 2. The van der Waals surface area contributed by atoms with E-state index in [1.54, 1.807) is 0 Å². The molecule has 7 heteroatoms. The minimum atomic E-state index is -2.51. The zero-order chi connectivity index (χ0) is 15.9. The van der Waals surface area contributed by atoms with Gasteiger partial charge in [-0.15, -0.1) is 0 Å². The molecule has 3 rings (SSSR count). The summed E-state index contributed by atoms with van der Waals surface area (Å²) in [7, 11) is 0. The first kappa shape index (κ1) is 16.1. The van der Waals surface area contributed by atoms with Crippen LogP contribution < -0.4 is 0 Å². The molecule has 1 aliphatic heterocycles. The lowest BCUT2D eigenvalue weighted by molar-refractivity contribution is -0.132. The molecule has 0 bridgehead atoms. The fraction of sp³-hybridized carbons (Fsp3) is 0.733. The minimum absolute atomic E-state index is 0.0448. The predicted molar refractivity (Wildman–Crippen MR) is 86.8 cm³/mol. The van der Waals surface area contributed by atoms with Gasteiger partial charge in [-0.25, -0.2) is 13.8 Å². The van der Waals surface area contributed by atoms with Crippen LogP contribution in [0.15, 0.2) is 0 Å². The second-order valence-corrected chi connectivity index (χ2v) is 7.18. The van der Waals surface area contributed by atoms with Crippen LogP contribution in [0.2, 0.25) is 0 Å². The van der Waals surface area contributed by atoms with Crippen LogP contribution in [0, 0.1) is 3.70 Å². The van der Waals surface area contributed by atoms with Gasteiger partial charge in [-0.3, -0.25) is 4.79 Å². The zero-order valence-corrected chi connectivity index (χ0v) is 14.8. The first-order valence-electron chi connectivity index (χ1n) is 7.81. The van der Waals surface area contributed by atoms with Crippen LogP contribution in [0.5, 0.6) is 0 Å². The van der Waals surface area contributed by atoms with Crippen LogP contribution in [-0.4, -0.2) is 32.8 Å². The Balaban J connectivity index is 1.81. The van der Waals surface area contributed by atoms with Crippen LogP contribution in [0.4, 0.5) is 8.78 Å².